The van der Waals surface area contributed by atoms with Crippen molar-refractivity contribution in [3.8, 4) is 0 Å². The van der Waals surface area contributed by atoms with Crippen LogP contribution in [0.4, 0.5) is 24.8 Å². The van der Waals surface area contributed by atoms with E-state index in [1.807, 2.05) is 30.3 Å². The van der Waals surface area contributed by atoms with Gasteiger partial charge in [-0.3, -0.25) is 4.79 Å². The summed E-state index contributed by atoms with van der Waals surface area (Å²) in [5.74, 6) is -0.265. The first-order valence-electron chi connectivity index (χ1n) is 8.01. The predicted octanol–water partition coefficient (Wildman–Crippen LogP) is 4.17. The van der Waals surface area contributed by atoms with Gasteiger partial charge in [-0.2, -0.15) is 13.2 Å². The van der Waals surface area contributed by atoms with Crippen molar-refractivity contribution in [3.63, 3.8) is 0 Å². The van der Waals surface area contributed by atoms with Crippen molar-refractivity contribution in [2.24, 2.45) is 0 Å². The number of carbonyl (C=O) groups excluding carboxylic acids is 1. The molecule has 2 N–H and O–H groups in total. The Labute approximate surface area is 153 Å². The summed E-state index contributed by atoms with van der Waals surface area (Å²) >= 11 is 0. The molecular weight excluding hydrogens is 357 g/mol. The van der Waals surface area contributed by atoms with E-state index in [1.165, 1.54) is 24.4 Å². The van der Waals surface area contributed by atoms with Gasteiger partial charge >= 0.3 is 6.18 Å². The van der Waals surface area contributed by atoms with Crippen molar-refractivity contribution in [2.45, 2.75) is 12.7 Å². The second-order valence-electron chi connectivity index (χ2n) is 5.63. The highest BCUT2D eigenvalue weighted by atomic mass is 19.4. The fourth-order valence-electron chi connectivity index (χ4n) is 2.29. The molecule has 0 atom stereocenters. The summed E-state index contributed by atoms with van der Waals surface area (Å²) in [7, 11) is 0. The van der Waals surface area contributed by atoms with Crippen LogP contribution in [-0.4, -0.2) is 15.9 Å². The van der Waals surface area contributed by atoms with Gasteiger partial charge < -0.3 is 10.6 Å². The lowest BCUT2D eigenvalue weighted by Crippen LogP contribution is -2.24. The summed E-state index contributed by atoms with van der Waals surface area (Å²) < 4.78 is 37.8. The summed E-state index contributed by atoms with van der Waals surface area (Å²) in [5.41, 5.74) is 0.728. The third-order valence-electron chi connectivity index (χ3n) is 3.65. The minimum absolute atomic E-state index is 0.113. The monoisotopic (exact) mass is 372 g/mol. The molecule has 0 aliphatic heterocycles. The quantitative estimate of drug-likeness (QED) is 0.706. The molecule has 8 heteroatoms. The Morgan fingerprint density at radius 1 is 0.963 bits per heavy atom. The lowest BCUT2D eigenvalue weighted by atomic mass is 10.2. The van der Waals surface area contributed by atoms with Crippen LogP contribution >= 0.6 is 0 Å². The summed E-state index contributed by atoms with van der Waals surface area (Å²) in [6.07, 6.45) is -3.00. The zero-order valence-corrected chi connectivity index (χ0v) is 14.0. The fraction of sp³-hybridized carbons (Fsp3) is 0.105. The highest BCUT2D eigenvalue weighted by Gasteiger charge is 2.29. The van der Waals surface area contributed by atoms with Crippen molar-refractivity contribution in [1.82, 2.24) is 15.3 Å². The molecule has 1 aromatic heterocycles. The van der Waals surface area contributed by atoms with Crippen LogP contribution in [0, 0.1) is 0 Å². The zero-order valence-electron chi connectivity index (χ0n) is 14.0. The highest BCUT2D eigenvalue weighted by molar-refractivity contribution is 5.92. The number of alkyl halides is 3. The molecule has 0 radical (unpaired) electrons. The van der Waals surface area contributed by atoms with Crippen LogP contribution in [0.5, 0.6) is 0 Å². The van der Waals surface area contributed by atoms with E-state index in [0.717, 1.165) is 17.7 Å². The molecule has 3 aromatic rings. The molecule has 27 heavy (non-hydrogen) atoms. The van der Waals surface area contributed by atoms with Gasteiger partial charge in [0.15, 0.2) is 0 Å². The van der Waals surface area contributed by atoms with Gasteiger partial charge in [-0.25, -0.2) is 9.97 Å². The lowest BCUT2D eigenvalue weighted by molar-refractivity contribution is -0.137. The standard InChI is InChI=1S/C19H15F3N4O/c20-19(21,22)14-6-8-15(9-7-14)25-18-23-11-10-16(26-18)17(27)24-12-13-4-2-1-3-5-13/h1-11H,12H2,(H,24,27)(H,23,25,26). The van der Waals surface area contributed by atoms with Gasteiger partial charge in [0.25, 0.3) is 5.91 Å². The van der Waals surface area contributed by atoms with E-state index in [1.54, 1.807) is 0 Å². The third-order valence-corrected chi connectivity index (χ3v) is 3.65. The van der Waals surface area contributed by atoms with Crippen LogP contribution < -0.4 is 10.6 Å². The molecule has 0 fully saturated rings. The number of aromatic nitrogens is 2. The van der Waals surface area contributed by atoms with E-state index < -0.39 is 11.7 Å². The Morgan fingerprint density at radius 3 is 2.33 bits per heavy atom. The molecule has 138 valence electrons. The maximum atomic E-state index is 12.6. The van der Waals surface area contributed by atoms with Gasteiger partial charge in [0.2, 0.25) is 5.95 Å². The maximum absolute atomic E-state index is 12.6. The minimum Gasteiger partial charge on any atom is -0.347 e. The molecular formula is C19H15F3N4O. The molecule has 2 aromatic carbocycles. The summed E-state index contributed by atoms with van der Waals surface area (Å²) in [6.45, 7) is 0.353. The molecule has 0 aliphatic rings. The number of carbonyl (C=O) groups is 1. The Bertz CT molecular complexity index is 912. The number of benzene rings is 2. The largest absolute Gasteiger partial charge is 0.416 e. The van der Waals surface area contributed by atoms with E-state index in [2.05, 4.69) is 20.6 Å². The van der Waals surface area contributed by atoms with Gasteiger partial charge in [0.05, 0.1) is 5.56 Å². The number of amides is 1. The molecule has 1 amide bonds. The number of nitrogens with one attached hydrogen (secondary N) is 2. The van der Waals surface area contributed by atoms with Crippen LogP contribution in [0.1, 0.15) is 21.6 Å². The molecule has 5 nitrogen and oxygen atoms in total. The fourth-order valence-corrected chi connectivity index (χ4v) is 2.29. The molecule has 0 aliphatic carbocycles. The topological polar surface area (TPSA) is 66.9 Å². The van der Waals surface area contributed by atoms with Gasteiger partial charge in [0, 0.05) is 18.4 Å². The lowest BCUT2D eigenvalue weighted by Gasteiger charge is -2.09. The van der Waals surface area contributed by atoms with Gasteiger partial charge in [0.1, 0.15) is 5.69 Å². The summed E-state index contributed by atoms with van der Waals surface area (Å²) in [5, 5.41) is 5.53. The Hall–Kier alpha value is -3.42. The van der Waals surface area contributed by atoms with E-state index in [0.29, 0.717) is 12.2 Å². The first kappa shape index (κ1) is 18.4. The molecule has 0 saturated heterocycles. The van der Waals surface area contributed by atoms with Crippen molar-refractivity contribution in [2.75, 3.05) is 5.32 Å². The smallest absolute Gasteiger partial charge is 0.347 e. The second-order valence-corrected chi connectivity index (χ2v) is 5.63. The number of halogens is 3. The average Bonchev–Trinajstić information content (AvgIpc) is 2.67. The SMILES string of the molecule is O=C(NCc1ccccc1)c1ccnc(Nc2ccc(C(F)(F)F)cc2)n1. The molecule has 0 bridgehead atoms. The highest BCUT2D eigenvalue weighted by Crippen LogP contribution is 2.30. The Morgan fingerprint density at radius 2 is 1.67 bits per heavy atom. The van der Waals surface area contributed by atoms with Crippen molar-refractivity contribution in [3.05, 3.63) is 83.7 Å². The zero-order chi connectivity index (χ0) is 19.3. The number of hydrogen-bond acceptors (Lipinski definition) is 4. The average molecular weight is 372 g/mol. The first-order chi connectivity index (χ1) is 12.9. The van der Waals surface area contributed by atoms with Crippen molar-refractivity contribution < 1.29 is 18.0 Å². The van der Waals surface area contributed by atoms with Crippen LogP contribution in [0.25, 0.3) is 0 Å². The molecule has 3 rings (SSSR count). The van der Waals surface area contributed by atoms with Gasteiger partial charge in [-0.15, -0.1) is 0 Å². The minimum atomic E-state index is -4.40. The van der Waals surface area contributed by atoms with Gasteiger partial charge in [-0.05, 0) is 35.9 Å². The number of rotatable bonds is 5. The maximum Gasteiger partial charge on any atom is 0.416 e. The second kappa shape index (κ2) is 7.86. The Balaban J connectivity index is 1.65. The molecule has 1 heterocycles. The van der Waals surface area contributed by atoms with E-state index >= 15 is 0 Å². The predicted molar refractivity (Wildman–Crippen MR) is 94.4 cm³/mol. The van der Waals surface area contributed by atoms with E-state index in [4.69, 9.17) is 0 Å². The summed E-state index contributed by atoms with van der Waals surface area (Å²) in [6, 6.07) is 15.3. The first-order valence-corrected chi connectivity index (χ1v) is 8.01. The molecule has 0 saturated carbocycles. The van der Waals surface area contributed by atoms with Crippen molar-refractivity contribution >= 4 is 17.5 Å². The Kier molecular flexibility index (Phi) is 5.35. The van der Waals surface area contributed by atoms with E-state index in [-0.39, 0.29) is 17.5 Å². The van der Waals surface area contributed by atoms with Gasteiger partial charge in [-0.1, -0.05) is 30.3 Å². The van der Waals surface area contributed by atoms with Crippen LogP contribution in [0.2, 0.25) is 0 Å². The number of hydrogen-bond donors (Lipinski definition) is 2. The van der Waals surface area contributed by atoms with E-state index in [9.17, 15) is 18.0 Å². The summed E-state index contributed by atoms with van der Waals surface area (Å²) in [4.78, 5) is 20.3. The number of anilines is 2. The number of nitrogens with zero attached hydrogens (tertiary/aromatic N) is 2. The molecule has 0 unspecified atom stereocenters. The van der Waals surface area contributed by atoms with Crippen molar-refractivity contribution in [1.29, 1.82) is 0 Å². The van der Waals surface area contributed by atoms with Crippen LogP contribution in [0.3, 0.4) is 0 Å². The molecule has 0 spiro atoms. The normalized spacial score (nSPS) is 11.1. The van der Waals surface area contributed by atoms with Crippen LogP contribution in [0.15, 0.2) is 66.9 Å². The van der Waals surface area contributed by atoms with Crippen LogP contribution in [-0.2, 0) is 12.7 Å². The third kappa shape index (κ3) is 5.04.